The van der Waals surface area contributed by atoms with E-state index in [1.54, 1.807) is 7.11 Å². The molecule has 1 fully saturated rings. The third-order valence-electron chi connectivity index (χ3n) is 4.86. The summed E-state index contributed by atoms with van der Waals surface area (Å²) in [4.78, 5) is 20.4. The highest BCUT2D eigenvalue weighted by Crippen LogP contribution is 2.31. The molecule has 1 atom stereocenters. The van der Waals surface area contributed by atoms with Crippen LogP contribution in [-0.4, -0.2) is 65.6 Å². The highest BCUT2D eigenvalue weighted by molar-refractivity contribution is 7.22. The van der Waals surface area contributed by atoms with E-state index in [-0.39, 0.29) is 12.1 Å². The maximum Gasteiger partial charge on any atom is 0.271 e. The molecule has 28 heavy (non-hydrogen) atoms. The number of hydrogen-bond acceptors (Lipinski definition) is 7. The summed E-state index contributed by atoms with van der Waals surface area (Å²) in [5.41, 5.74) is 1.58. The Morgan fingerprint density at radius 1 is 1.25 bits per heavy atom. The molecule has 1 unspecified atom stereocenters. The van der Waals surface area contributed by atoms with Crippen LogP contribution in [-0.2, 0) is 11.3 Å². The number of methoxy groups -OCH3 is 1. The Kier molecular flexibility index (Phi) is 5.72. The van der Waals surface area contributed by atoms with Crippen molar-refractivity contribution in [2.24, 2.45) is 0 Å². The van der Waals surface area contributed by atoms with E-state index in [1.165, 1.54) is 22.2 Å². The molecule has 4 rings (SSSR count). The SMILES string of the molecule is COc1ccc(-c2cc3ncn(CC(O)CN4CCOCC4)c(=O)c3s2)cc1. The van der Waals surface area contributed by atoms with Gasteiger partial charge in [-0.05, 0) is 35.9 Å². The summed E-state index contributed by atoms with van der Waals surface area (Å²) in [5.74, 6) is 0.791. The molecule has 3 heterocycles. The molecule has 148 valence electrons. The van der Waals surface area contributed by atoms with Crippen LogP contribution < -0.4 is 10.3 Å². The minimum absolute atomic E-state index is 0.115. The number of thiophene rings is 1. The monoisotopic (exact) mass is 401 g/mol. The molecule has 1 aromatic carbocycles. The molecule has 3 aromatic rings. The maximum atomic E-state index is 12.9. The van der Waals surface area contributed by atoms with Gasteiger partial charge in [0.15, 0.2) is 0 Å². The van der Waals surface area contributed by atoms with Gasteiger partial charge >= 0.3 is 0 Å². The van der Waals surface area contributed by atoms with Crippen molar-refractivity contribution in [3.8, 4) is 16.2 Å². The smallest absolute Gasteiger partial charge is 0.271 e. The lowest BCUT2D eigenvalue weighted by molar-refractivity contribution is 0.0113. The van der Waals surface area contributed by atoms with Crippen molar-refractivity contribution in [3.63, 3.8) is 0 Å². The van der Waals surface area contributed by atoms with Crippen molar-refractivity contribution in [2.75, 3.05) is 40.0 Å². The fourth-order valence-corrected chi connectivity index (χ4v) is 4.40. The molecule has 2 aromatic heterocycles. The molecule has 0 aliphatic carbocycles. The Morgan fingerprint density at radius 3 is 2.71 bits per heavy atom. The van der Waals surface area contributed by atoms with Gasteiger partial charge in [0.05, 0.1) is 44.8 Å². The van der Waals surface area contributed by atoms with E-state index < -0.39 is 6.10 Å². The molecule has 1 aliphatic rings. The van der Waals surface area contributed by atoms with Crippen molar-refractivity contribution in [1.82, 2.24) is 14.5 Å². The highest BCUT2D eigenvalue weighted by Gasteiger charge is 2.17. The number of nitrogens with zero attached hydrogens (tertiary/aromatic N) is 3. The summed E-state index contributed by atoms with van der Waals surface area (Å²) in [6.45, 7) is 3.73. The molecule has 1 aliphatic heterocycles. The fraction of sp³-hybridized carbons (Fsp3) is 0.400. The van der Waals surface area contributed by atoms with Crippen molar-refractivity contribution in [1.29, 1.82) is 0 Å². The number of benzene rings is 1. The molecular weight excluding hydrogens is 378 g/mol. The largest absolute Gasteiger partial charge is 0.497 e. The lowest BCUT2D eigenvalue weighted by atomic mass is 10.2. The molecule has 1 saturated heterocycles. The summed E-state index contributed by atoms with van der Waals surface area (Å²) in [5, 5.41) is 10.4. The Morgan fingerprint density at radius 2 is 2.00 bits per heavy atom. The van der Waals surface area contributed by atoms with Crippen LogP contribution in [0.1, 0.15) is 0 Å². The molecular formula is C20H23N3O4S. The Labute approximate surface area is 166 Å². The molecule has 0 radical (unpaired) electrons. The average molecular weight is 401 g/mol. The van der Waals surface area contributed by atoms with Crippen LogP contribution in [0, 0.1) is 0 Å². The van der Waals surface area contributed by atoms with Gasteiger partial charge in [-0.3, -0.25) is 14.3 Å². The third kappa shape index (κ3) is 4.10. The predicted molar refractivity (Wildman–Crippen MR) is 109 cm³/mol. The van der Waals surface area contributed by atoms with Crippen LogP contribution in [0.2, 0.25) is 0 Å². The van der Waals surface area contributed by atoms with E-state index in [1.807, 2.05) is 30.3 Å². The van der Waals surface area contributed by atoms with Gasteiger partial charge in [-0.25, -0.2) is 4.98 Å². The third-order valence-corrected chi connectivity index (χ3v) is 6.02. The summed E-state index contributed by atoms with van der Waals surface area (Å²) >= 11 is 1.42. The first-order chi connectivity index (χ1) is 13.6. The number of aliphatic hydroxyl groups excluding tert-OH is 1. The summed E-state index contributed by atoms with van der Waals surface area (Å²) in [6, 6.07) is 9.65. The quantitative estimate of drug-likeness (QED) is 0.679. The van der Waals surface area contributed by atoms with Gasteiger partial charge in [0, 0.05) is 24.5 Å². The fourth-order valence-electron chi connectivity index (χ4n) is 3.34. The second-order valence-electron chi connectivity index (χ2n) is 6.82. The van der Waals surface area contributed by atoms with E-state index in [0.717, 1.165) is 29.3 Å². The van der Waals surface area contributed by atoms with Gasteiger partial charge in [0.2, 0.25) is 0 Å². The number of hydrogen-bond donors (Lipinski definition) is 1. The zero-order chi connectivity index (χ0) is 19.5. The van der Waals surface area contributed by atoms with Gasteiger partial charge in [0.1, 0.15) is 10.4 Å². The Balaban J connectivity index is 1.53. The van der Waals surface area contributed by atoms with E-state index in [0.29, 0.717) is 30.0 Å². The minimum Gasteiger partial charge on any atom is -0.497 e. The lowest BCUT2D eigenvalue weighted by Crippen LogP contribution is -2.42. The van der Waals surface area contributed by atoms with Gasteiger partial charge in [-0.15, -0.1) is 11.3 Å². The predicted octanol–water partition coefficient (Wildman–Crippen LogP) is 1.83. The second kappa shape index (κ2) is 8.40. The molecule has 0 saturated carbocycles. The van der Waals surface area contributed by atoms with E-state index in [4.69, 9.17) is 9.47 Å². The van der Waals surface area contributed by atoms with Gasteiger partial charge in [0.25, 0.3) is 5.56 Å². The highest BCUT2D eigenvalue weighted by atomic mass is 32.1. The molecule has 8 heteroatoms. The van der Waals surface area contributed by atoms with Gasteiger partial charge in [-0.2, -0.15) is 0 Å². The van der Waals surface area contributed by atoms with Crippen molar-refractivity contribution in [3.05, 3.63) is 47.0 Å². The number of β-amino-alcohol motifs (C(OH)–C–C–N with tert-alkyl or cyclic N) is 1. The normalized spacial score (nSPS) is 16.4. The molecule has 0 spiro atoms. The van der Waals surface area contributed by atoms with Crippen molar-refractivity contribution < 1.29 is 14.6 Å². The number of ether oxygens (including phenoxy) is 2. The maximum absolute atomic E-state index is 12.9. The van der Waals surface area contributed by atoms with Crippen LogP contribution >= 0.6 is 11.3 Å². The minimum atomic E-state index is -0.629. The Bertz CT molecular complexity index is 993. The summed E-state index contributed by atoms with van der Waals surface area (Å²) in [7, 11) is 1.63. The summed E-state index contributed by atoms with van der Waals surface area (Å²) in [6.07, 6.45) is 0.897. The number of morpholine rings is 1. The molecule has 7 nitrogen and oxygen atoms in total. The van der Waals surface area contributed by atoms with Crippen LogP contribution in [0.15, 0.2) is 41.5 Å². The average Bonchev–Trinajstić information content (AvgIpc) is 3.16. The Hall–Kier alpha value is -2.26. The van der Waals surface area contributed by atoms with Crippen LogP contribution in [0.25, 0.3) is 20.7 Å². The zero-order valence-corrected chi connectivity index (χ0v) is 16.5. The van der Waals surface area contributed by atoms with E-state index in [9.17, 15) is 9.90 Å². The first-order valence-corrected chi connectivity index (χ1v) is 10.1. The first-order valence-electron chi connectivity index (χ1n) is 9.25. The van der Waals surface area contributed by atoms with Crippen LogP contribution in [0.4, 0.5) is 0 Å². The van der Waals surface area contributed by atoms with E-state index >= 15 is 0 Å². The topological polar surface area (TPSA) is 76.8 Å². The number of aromatic nitrogens is 2. The molecule has 0 amide bonds. The number of fused-ring (bicyclic) bond motifs is 1. The summed E-state index contributed by atoms with van der Waals surface area (Å²) < 4.78 is 12.6. The van der Waals surface area contributed by atoms with Crippen LogP contribution in [0.3, 0.4) is 0 Å². The molecule has 0 bridgehead atoms. The standard InChI is InChI=1S/C20H23N3O4S/c1-26-16-4-2-14(3-5-16)18-10-17-19(28-18)20(25)23(13-21-17)12-15(24)11-22-6-8-27-9-7-22/h2-5,10,13,15,24H,6-9,11-12H2,1H3. The van der Waals surface area contributed by atoms with Crippen LogP contribution in [0.5, 0.6) is 5.75 Å². The number of aliphatic hydroxyl groups is 1. The van der Waals surface area contributed by atoms with E-state index in [2.05, 4.69) is 9.88 Å². The van der Waals surface area contributed by atoms with Crippen molar-refractivity contribution >= 4 is 21.6 Å². The first kappa shape index (κ1) is 19.1. The van der Waals surface area contributed by atoms with Gasteiger partial charge in [-0.1, -0.05) is 0 Å². The van der Waals surface area contributed by atoms with Crippen molar-refractivity contribution in [2.45, 2.75) is 12.6 Å². The van der Waals surface area contributed by atoms with Gasteiger partial charge < -0.3 is 14.6 Å². The second-order valence-corrected chi connectivity index (χ2v) is 7.87. The number of rotatable bonds is 6. The lowest BCUT2D eigenvalue weighted by Gasteiger charge is -2.28. The zero-order valence-electron chi connectivity index (χ0n) is 15.7. The molecule has 1 N–H and O–H groups in total.